The third kappa shape index (κ3) is 4.31. The van der Waals surface area contributed by atoms with Crippen LogP contribution in [0.5, 0.6) is 5.75 Å². The SMILES string of the molecule is CCCCC[C@@H](C)Oc1ccc(N)cc1Cl. The number of hydrogen-bond donors (Lipinski definition) is 1. The van der Waals surface area contributed by atoms with Crippen molar-refractivity contribution in [3.8, 4) is 5.75 Å². The predicted octanol–water partition coefficient (Wildman–Crippen LogP) is 4.27. The van der Waals surface area contributed by atoms with Crippen LogP contribution in [0.4, 0.5) is 5.69 Å². The van der Waals surface area contributed by atoms with Crippen molar-refractivity contribution >= 4 is 17.3 Å². The van der Waals surface area contributed by atoms with Crippen LogP contribution in [-0.4, -0.2) is 6.10 Å². The van der Waals surface area contributed by atoms with Crippen LogP contribution in [0.15, 0.2) is 18.2 Å². The van der Waals surface area contributed by atoms with Gasteiger partial charge >= 0.3 is 0 Å². The molecule has 16 heavy (non-hydrogen) atoms. The Morgan fingerprint density at radius 3 is 2.75 bits per heavy atom. The van der Waals surface area contributed by atoms with Gasteiger partial charge in [-0.05, 0) is 38.0 Å². The molecule has 0 heterocycles. The van der Waals surface area contributed by atoms with E-state index in [0.29, 0.717) is 10.7 Å². The molecule has 0 aromatic heterocycles. The summed E-state index contributed by atoms with van der Waals surface area (Å²) in [6.07, 6.45) is 4.95. The highest BCUT2D eigenvalue weighted by Gasteiger charge is 2.07. The van der Waals surface area contributed by atoms with Gasteiger partial charge in [0.05, 0.1) is 11.1 Å². The molecule has 0 bridgehead atoms. The molecule has 1 rings (SSSR count). The highest BCUT2D eigenvalue weighted by Crippen LogP contribution is 2.27. The molecule has 0 fully saturated rings. The maximum Gasteiger partial charge on any atom is 0.138 e. The third-order valence-corrected chi connectivity index (χ3v) is 2.79. The molecule has 0 aliphatic rings. The van der Waals surface area contributed by atoms with E-state index in [9.17, 15) is 0 Å². The maximum atomic E-state index is 6.03. The summed E-state index contributed by atoms with van der Waals surface area (Å²) in [5.41, 5.74) is 6.28. The van der Waals surface area contributed by atoms with E-state index >= 15 is 0 Å². The number of hydrogen-bond acceptors (Lipinski definition) is 2. The van der Waals surface area contributed by atoms with Crippen LogP contribution in [0.1, 0.15) is 39.5 Å². The van der Waals surface area contributed by atoms with Gasteiger partial charge in [-0.3, -0.25) is 0 Å². The summed E-state index contributed by atoms with van der Waals surface area (Å²) < 4.78 is 5.76. The average molecular weight is 242 g/mol. The van der Waals surface area contributed by atoms with Gasteiger partial charge in [-0.15, -0.1) is 0 Å². The van der Waals surface area contributed by atoms with E-state index in [4.69, 9.17) is 22.1 Å². The molecular weight excluding hydrogens is 222 g/mol. The van der Waals surface area contributed by atoms with E-state index in [-0.39, 0.29) is 6.10 Å². The van der Waals surface area contributed by atoms with Crippen LogP contribution in [-0.2, 0) is 0 Å². The Morgan fingerprint density at radius 1 is 1.38 bits per heavy atom. The second-order valence-electron chi connectivity index (χ2n) is 4.11. The molecule has 0 aliphatic heterocycles. The van der Waals surface area contributed by atoms with Crippen molar-refractivity contribution in [3.05, 3.63) is 23.2 Å². The summed E-state index contributed by atoms with van der Waals surface area (Å²) in [5, 5.41) is 0.586. The molecule has 1 aromatic carbocycles. The van der Waals surface area contributed by atoms with E-state index in [1.165, 1.54) is 19.3 Å². The van der Waals surface area contributed by atoms with Gasteiger partial charge in [0.1, 0.15) is 5.75 Å². The van der Waals surface area contributed by atoms with Crippen molar-refractivity contribution in [2.45, 2.75) is 45.6 Å². The quantitative estimate of drug-likeness (QED) is 0.596. The number of unbranched alkanes of at least 4 members (excludes halogenated alkanes) is 2. The van der Waals surface area contributed by atoms with Crippen molar-refractivity contribution in [1.82, 2.24) is 0 Å². The minimum absolute atomic E-state index is 0.202. The van der Waals surface area contributed by atoms with Gasteiger partial charge in [0.2, 0.25) is 0 Å². The topological polar surface area (TPSA) is 35.2 Å². The van der Waals surface area contributed by atoms with E-state index in [2.05, 4.69) is 13.8 Å². The van der Waals surface area contributed by atoms with Gasteiger partial charge in [0.25, 0.3) is 0 Å². The monoisotopic (exact) mass is 241 g/mol. The van der Waals surface area contributed by atoms with Gasteiger partial charge in [-0.1, -0.05) is 31.4 Å². The largest absolute Gasteiger partial charge is 0.489 e. The van der Waals surface area contributed by atoms with Crippen molar-refractivity contribution in [2.75, 3.05) is 5.73 Å². The first-order chi connectivity index (χ1) is 7.63. The second kappa shape index (κ2) is 6.64. The van der Waals surface area contributed by atoms with Gasteiger partial charge in [-0.2, -0.15) is 0 Å². The van der Waals surface area contributed by atoms with Crippen molar-refractivity contribution in [2.24, 2.45) is 0 Å². The van der Waals surface area contributed by atoms with Crippen LogP contribution in [0.2, 0.25) is 5.02 Å². The Bertz CT molecular complexity index is 328. The molecule has 1 atom stereocenters. The highest BCUT2D eigenvalue weighted by atomic mass is 35.5. The summed E-state index contributed by atoms with van der Waals surface area (Å²) in [6, 6.07) is 5.35. The maximum absolute atomic E-state index is 6.03. The van der Waals surface area contributed by atoms with Crippen molar-refractivity contribution < 1.29 is 4.74 Å². The normalized spacial score (nSPS) is 12.4. The second-order valence-corrected chi connectivity index (χ2v) is 4.52. The fraction of sp³-hybridized carbons (Fsp3) is 0.538. The predicted molar refractivity (Wildman–Crippen MR) is 70.1 cm³/mol. The van der Waals surface area contributed by atoms with E-state index < -0.39 is 0 Å². The van der Waals surface area contributed by atoms with Crippen LogP contribution < -0.4 is 10.5 Å². The molecule has 0 radical (unpaired) electrons. The zero-order valence-corrected chi connectivity index (χ0v) is 10.8. The zero-order valence-electron chi connectivity index (χ0n) is 10.0. The summed E-state index contributed by atoms with van der Waals surface area (Å²) in [4.78, 5) is 0. The number of ether oxygens (including phenoxy) is 1. The molecular formula is C13H20ClNO. The summed E-state index contributed by atoms with van der Waals surface area (Å²) >= 11 is 6.03. The summed E-state index contributed by atoms with van der Waals surface area (Å²) in [7, 11) is 0. The molecule has 2 nitrogen and oxygen atoms in total. The van der Waals surface area contributed by atoms with Crippen LogP contribution in [0, 0.1) is 0 Å². The number of anilines is 1. The minimum atomic E-state index is 0.202. The first-order valence-electron chi connectivity index (χ1n) is 5.85. The first-order valence-corrected chi connectivity index (χ1v) is 6.23. The fourth-order valence-corrected chi connectivity index (χ4v) is 1.80. The lowest BCUT2D eigenvalue weighted by atomic mass is 10.1. The number of nitrogens with two attached hydrogens (primary N) is 1. The van der Waals surface area contributed by atoms with Gasteiger partial charge < -0.3 is 10.5 Å². The van der Waals surface area contributed by atoms with Crippen molar-refractivity contribution in [1.29, 1.82) is 0 Å². The van der Waals surface area contributed by atoms with E-state index in [1.807, 2.05) is 6.07 Å². The molecule has 90 valence electrons. The molecule has 0 amide bonds. The smallest absolute Gasteiger partial charge is 0.138 e. The van der Waals surface area contributed by atoms with Crippen molar-refractivity contribution in [3.63, 3.8) is 0 Å². The Morgan fingerprint density at radius 2 is 2.12 bits per heavy atom. The molecule has 0 unspecified atom stereocenters. The zero-order chi connectivity index (χ0) is 12.0. The van der Waals surface area contributed by atoms with E-state index in [0.717, 1.165) is 12.2 Å². The number of halogens is 1. The van der Waals surface area contributed by atoms with Crippen LogP contribution >= 0.6 is 11.6 Å². The highest BCUT2D eigenvalue weighted by molar-refractivity contribution is 6.32. The standard InChI is InChI=1S/C13H20ClNO/c1-3-4-5-6-10(2)16-13-8-7-11(15)9-12(13)14/h7-10H,3-6,15H2,1-2H3/t10-/m1/s1. The molecule has 2 N–H and O–H groups in total. The van der Waals surface area contributed by atoms with Crippen LogP contribution in [0.3, 0.4) is 0 Å². The number of rotatable bonds is 6. The van der Waals surface area contributed by atoms with Gasteiger partial charge in [-0.25, -0.2) is 0 Å². The molecule has 0 saturated carbocycles. The molecule has 0 aliphatic carbocycles. The Labute approximate surface area is 103 Å². The fourth-order valence-electron chi connectivity index (χ4n) is 1.57. The number of benzene rings is 1. The first kappa shape index (κ1) is 13.2. The lowest BCUT2D eigenvalue weighted by Gasteiger charge is -2.15. The average Bonchev–Trinajstić information content (AvgIpc) is 2.23. The Balaban J connectivity index is 2.46. The summed E-state index contributed by atoms with van der Waals surface area (Å²) in [5.74, 6) is 0.722. The van der Waals surface area contributed by atoms with Gasteiger partial charge in [0, 0.05) is 5.69 Å². The minimum Gasteiger partial charge on any atom is -0.489 e. The van der Waals surface area contributed by atoms with Gasteiger partial charge in [0.15, 0.2) is 0 Å². The molecule has 0 saturated heterocycles. The Hall–Kier alpha value is -0.890. The molecule has 3 heteroatoms. The number of nitrogen functional groups attached to an aromatic ring is 1. The lowest BCUT2D eigenvalue weighted by Crippen LogP contribution is -2.11. The molecule has 0 spiro atoms. The molecule has 1 aromatic rings. The third-order valence-electron chi connectivity index (χ3n) is 2.50. The lowest BCUT2D eigenvalue weighted by molar-refractivity contribution is 0.207. The van der Waals surface area contributed by atoms with E-state index in [1.54, 1.807) is 12.1 Å². The summed E-state index contributed by atoms with van der Waals surface area (Å²) in [6.45, 7) is 4.27. The van der Waals surface area contributed by atoms with Crippen LogP contribution in [0.25, 0.3) is 0 Å². The Kier molecular flexibility index (Phi) is 5.47.